The monoisotopic (exact) mass is 386 g/mol. The largest absolute Gasteiger partial charge is 0.480 e. The molecule has 1 aromatic rings. The predicted octanol–water partition coefficient (Wildman–Crippen LogP) is 1.07. The van der Waals surface area contributed by atoms with Gasteiger partial charge in [-0.1, -0.05) is 35.5 Å². The van der Waals surface area contributed by atoms with E-state index in [2.05, 4.69) is 5.32 Å². The molecule has 0 spiro atoms. The number of nitrogens with one attached hydrogen (secondary N) is 1. The molecular formula is C15H15ClN2O6S. The van der Waals surface area contributed by atoms with E-state index < -0.39 is 18.5 Å². The van der Waals surface area contributed by atoms with Crippen LogP contribution in [0.4, 0.5) is 4.79 Å². The fraction of sp³-hybridized carbons (Fsp3) is 0.333. The van der Waals surface area contributed by atoms with Gasteiger partial charge in [-0.3, -0.25) is 19.3 Å². The van der Waals surface area contributed by atoms with Crippen LogP contribution in [-0.2, 0) is 19.1 Å². The second kappa shape index (κ2) is 9.28. The summed E-state index contributed by atoms with van der Waals surface area (Å²) in [5, 5.41) is 2.48. The highest BCUT2D eigenvalue weighted by Crippen LogP contribution is 2.22. The van der Waals surface area contributed by atoms with E-state index in [1.165, 1.54) is 0 Å². The van der Waals surface area contributed by atoms with Crippen molar-refractivity contribution >= 4 is 46.4 Å². The smallest absolute Gasteiger partial charge is 0.344 e. The maximum atomic E-state index is 11.6. The van der Waals surface area contributed by atoms with E-state index in [-0.39, 0.29) is 36.6 Å². The Morgan fingerprint density at radius 3 is 2.68 bits per heavy atom. The minimum absolute atomic E-state index is 0.0833. The first-order valence-electron chi connectivity index (χ1n) is 7.24. The molecule has 3 amide bonds. The molecule has 1 N–H and O–H groups in total. The molecule has 1 aromatic carbocycles. The molecule has 0 unspecified atom stereocenters. The first kappa shape index (κ1) is 19.1. The van der Waals surface area contributed by atoms with Gasteiger partial charge in [-0.15, -0.1) is 0 Å². The van der Waals surface area contributed by atoms with Crippen molar-refractivity contribution in [1.82, 2.24) is 10.2 Å². The van der Waals surface area contributed by atoms with E-state index in [0.717, 1.165) is 16.7 Å². The molecule has 0 aromatic heterocycles. The van der Waals surface area contributed by atoms with Crippen LogP contribution in [-0.4, -0.2) is 60.0 Å². The van der Waals surface area contributed by atoms with E-state index in [4.69, 9.17) is 21.1 Å². The van der Waals surface area contributed by atoms with Crippen molar-refractivity contribution in [2.45, 2.75) is 0 Å². The molecule has 1 fully saturated rings. The molecule has 0 aliphatic carbocycles. The zero-order valence-electron chi connectivity index (χ0n) is 13.0. The van der Waals surface area contributed by atoms with Gasteiger partial charge in [0.1, 0.15) is 5.75 Å². The molecule has 0 radical (unpaired) electrons. The summed E-state index contributed by atoms with van der Waals surface area (Å²) < 4.78 is 9.94. The van der Waals surface area contributed by atoms with Crippen LogP contribution in [0.1, 0.15) is 0 Å². The third-order valence-electron chi connectivity index (χ3n) is 3.04. The molecule has 134 valence electrons. The van der Waals surface area contributed by atoms with Gasteiger partial charge < -0.3 is 14.8 Å². The van der Waals surface area contributed by atoms with E-state index in [0.29, 0.717) is 10.8 Å². The van der Waals surface area contributed by atoms with Gasteiger partial charge in [0, 0.05) is 13.1 Å². The van der Waals surface area contributed by atoms with E-state index in [1.54, 1.807) is 24.3 Å². The summed E-state index contributed by atoms with van der Waals surface area (Å²) in [5.74, 6) is -1.10. The summed E-state index contributed by atoms with van der Waals surface area (Å²) in [5.41, 5.74) is 0. The Hall–Kier alpha value is -2.26. The van der Waals surface area contributed by atoms with E-state index in [1.807, 2.05) is 0 Å². The Labute approximate surface area is 152 Å². The van der Waals surface area contributed by atoms with Crippen molar-refractivity contribution in [2.24, 2.45) is 0 Å². The number of ether oxygens (including phenoxy) is 2. The number of amides is 3. The third kappa shape index (κ3) is 5.95. The molecule has 25 heavy (non-hydrogen) atoms. The summed E-state index contributed by atoms with van der Waals surface area (Å²) in [7, 11) is 0. The summed E-state index contributed by atoms with van der Waals surface area (Å²) >= 11 is 6.80. The van der Waals surface area contributed by atoms with Crippen molar-refractivity contribution in [1.29, 1.82) is 0 Å². The molecule has 1 aliphatic heterocycles. The molecule has 1 aliphatic rings. The lowest BCUT2D eigenvalue weighted by atomic mass is 10.3. The number of imide groups is 1. The predicted molar refractivity (Wildman–Crippen MR) is 90.5 cm³/mol. The van der Waals surface area contributed by atoms with Crippen LogP contribution in [0, 0.1) is 0 Å². The third-order valence-corrected chi connectivity index (χ3v) is 4.22. The van der Waals surface area contributed by atoms with Crippen molar-refractivity contribution in [2.75, 3.05) is 32.1 Å². The summed E-state index contributed by atoms with van der Waals surface area (Å²) in [6, 6.07) is 6.64. The number of carbonyl (C=O) groups is 4. The number of nitrogens with zero attached hydrogens (tertiary/aromatic N) is 1. The quantitative estimate of drug-likeness (QED) is 0.667. The summed E-state index contributed by atoms with van der Waals surface area (Å²) in [6.45, 7) is -0.698. The number of halogens is 1. The molecule has 0 saturated carbocycles. The van der Waals surface area contributed by atoms with Gasteiger partial charge in [0.25, 0.3) is 11.1 Å². The zero-order chi connectivity index (χ0) is 18.2. The van der Waals surface area contributed by atoms with Crippen LogP contribution in [0.5, 0.6) is 5.75 Å². The Balaban J connectivity index is 1.61. The van der Waals surface area contributed by atoms with Crippen molar-refractivity contribution in [3.8, 4) is 5.75 Å². The van der Waals surface area contributed by atoms with Crippen LogP contribution in [0.2, 0.25) is 5.02 Å². The normalized spacial score (nSPS) is 13.7. The Kier molecular flexibility index (Phi) is 7.08. The highest BCUT2D eigenvalue weighted by Gasteiger charge is 2.29. The second-order valence-corrected chi connectivity index (χ2v) is 6.16. The van der Waals surface area contributed by atoms with Gasteiger partial charge in [-0.05, 0) is 12.1 Å². The molecule has 8 nitrogen and oxygen atoms in total. The van der Waals surface area contributed by atoms with Crippen LogP contribution in [0.3, 0.4) is 0 Å². The summed E-state index contributed by atoms with van der Waals surface area (Å²) in [6.07, 6.45) is 0. The molecule has 0 bridgehead atoms. The topological polar surface area (TPSA) is 102 Å². The molecule has 0 atom stereocenters. The van der Waals surface area contributed by atoms with Crippen molar-refractivity contribution in [3.05, 3.63) is 29.3 Å². The van der Waals surface area contributed by atoms with Gasteiger partial charge >= 0.3 is 5.97 Å². The number of benzene rings is 1. The second-order valence-electron chi connectivity index (χ2n) is 4.83. The minimum Gasteiger partial charge on any atom is -0.480 e. The van der Waals surface area contributed by atoms with Gasteiger partial charge in [-0.25, -0.2) is 4.79 Å². The number of hydrogen-bond donors (Lipinski definition) is 1. The molecule has 1 saturated heterocycles. The lowest BCUT2D eigenvalue weighted by Crippen LogP contribution is -2.39. The molecule has 10 heteroatoms. The van der Waals surface area contributed by atoms with Gasteiger partial charge in [-0.2, -0.15) is 0 Å². The molecular weight excluding hydrogens is 372 g/mol. The number of thioether (sulfide) groups is 1. The Morgan fingerprint density at radius 2 is 2.00 bits per heavy atom. The van der Waals surface area contributed by atoms with Gasteiger partial charge in [0.15, 0.2) is 13.2 Å². The average molecular weight is 387 g/mol. The molecule has 1 heterocycles. The maximum absolute atomic E-state index is 11.6. The SMILES string of the molecule is O=C(COC(=O)COc1ccccc1Cl)NCCN1C(=O)CSC1=O. The highest BCUT2D eigenvalue weighted by molar-refractivity contribution is 8.14. The number of para-hydroxylation sites is 1. The van der Waals surface area contributed by atoms with Gasteiger partial charge in [0.05, 0.1) is 10.8 Å². The first-order valence-corrected chi connectivity index (χ1v) is 8.60. The van der Waals surface area contributed by atoms with Crippen LogP contribution < -0.4 is 10.1 Å². The van der Waals surface area contributed by atoms with E-state index >= 15 is 0 Å². The fourth-order valence-electron chi connectivity index (χ4n) is 1.84. The standard InChI is InChI=1S/C15H15ClN2O6S/c16-10-3-1-2-4-11(10)23-8-14(21)24-7-12(19)17-5-6-18-13(20)9-25-15(18)22/h1-4H,5-9H2,(H,17,19). The highest BCUT2D eigenvalue weighted by atomic mass is 35.5. The van der Waals surface area contributed by atoms with Crippen molar-refractivity contribution < 1.29 is 28.7 Å². The zero-order valence-corrected chi connectivity index (χ0v) is 14.6. The van der Waals surface area contributed by atoms with Crippen molar-refractivity contribution in [3.63, 3.8) is 0 Å². The first-order chi connectivity index (χ1) is 12.0. The van der Waals surface area contributed by atoms with Crippen LogP contribution in [0.15, 0.2) is 24.3 Å². The number of esters is 1. The van der Waals surface area contributed by atoms with Crippen LogP contribution in [0.25, 0.3) is 0 Å². The van der Waals surface area contributed by atoms with Gasteiger partial charge in [0.2, 0.25) is 5.91 Å². The lowest BCUT2D eigenvalue weighted by Gasteiger charge is -2.13. The Morgan fingerprint density at radius 1 is 1.24 bits per heavy atom. The fourth-order valence-corrected chi connectivity index (χ4v) is 2.78. The number of carbonyl (C=O) groups excluding carboxylic acids is 4. The minimum atomic E-state index is -0.726. The Bertz CT molecular complexity index is 668. The van der Waals surface area contributed by atoms with Crippen LogP contribution >= 0.6 is 23.4 Å². The number of hydrogen-bond acceptors (Lipinski definition) is 7. The van der Waals surface area contributed by atoms with E-state index in [9.17, 15) is 19.2 Å². The lowest BCUT2D eigenvalue weighted by molar-refractivity contribution is -0.150. The summed E-state index contributed by atoms with van der Waals surface area (Å²) in [4.78, 5) is 46.9. The molecule has 2 rings (SSSR count). The number of rotatable bonds is 8. The maximum Gasteiger partial charge on any atom is 0.344 e. The average Bonchev–Trinajstić information content (AvgIpc) is 2.91.